The lowest BCUT2D eigenvalue weighted by Gasteiger charge is -2.00. The summed E-state index contributed by atoms with van der Waals surface area (Å²) < 4.78 is 25.2. The molecule has 0 spiro atoms. The average Bonchev–Trinajstić information content (AvgIpc) is 2.09. The van der Waals surface area contributed by atoms with Crippen LogP contribution in [0.15, 0.2) is 18.2 Å². The van der Waals surface area contributed by atoms with E-state index in [1.807, 2.05) is 0 Å². The molecule has 0 saturated carbocycles. The lowest BCUT2D eigenvalue weighted by molar-refractivity contribution is -0.104. The van der Waals surface area contributed by atoms with Crippen LogP contribution in [0.4, 0.5) is 14.5 Å². The Morgan fingerprint density at radius 1 is 1.23 bits per heavy atom. The van der Waals surface area contributed by atoms with Crippen LogP contribution >= 0.6 is 0 Å². The number of hydrogen-bond donors (Lipinski definition) is 1. The summed E-state index contributed by atoms with van der Waals surface area (Å²) in [5.74, 6) is -1.99. The molecule has 0 amide bonds. The van der Waals surface area contributed by atoms with Crippen LogP contribution in [0.1, 0.15) is 5.56 Å². The molecule has 1 rings (SSSR count). The summed E-state index contributed by atoms with van der Waals surface area (Å²) in [4.78, 5) is 9.95. The Morgan fingerprint density at radius 2 is 1.85 bits per heavy atom. The first kappa shape index (κ1) is 9.38. The first-order valence-electron chi connectivity index (χ1n) is 3.51. The average molecular weight is 183 g/mol. The maximum Gasteiger partial charge on any atom is 0.160 e. The van der Waals surface area contributed by atoms with Crippen LogP contribution in [-0.4, -0.2) is 6.29 Å². The van der Waals surface area contributed by atoms with Gasteiger partial charge in [-0.05, 0) is 18.2 Å². The minimum absolute atomic E-state index is 0.0944. The highest BCUT2D eigenvalue weighted by Crippen LogP contribution is 2.17. The second-order valence-electron chi connectivity index (χ2n) is 2.39. The van der Waals surface area contributed by atoms with Gasteiger partial charge in [0.1, 0.15) is 6.29 Å². The molecular formula is C9H7F2NO. The third kappa shape index (κ3) is 2.11. The van der Waals surface area contributed by atoms with Gasteiger partial charge in [0.2, 0.25) is 0 Å². The SMILES string of the molecule is Nc1cc(F)c(F)cc1C=CC=O. The molecule has 0 unspecified atom stereocenters. The molecule has 2 N–H and O–H groups in total. The van der Waals surface area contributed by atoms with Crippen molar-refractivity contribution >= 4 is 18.0 Å². The summed E-state index contributed by atoms with van der Waals surface area (Å²) in [5, 5.41) is 0. The monoisotopic (exact) mass is 183 g/mol. The van der Waals surface area contributed by atoms with Crippen molar-refractivity contribution in [3.63, 3.8) is 0 Å². The minimum atomic E-state index is -0.999. The predicted octanol–water partition coefficient (Wildman–Crippen LogP) is 1.76. The summed E-state index contributed by atoms with van der Waals surface area (Å²) >= 11 is 0. The highest BCUT2D eigenvalue weighted by molar-refractivity contribution is 5.77. The second kappa shape index (κ2) is 3.80. The Kier molecular flexibility index (Phi) is 2.74. The molecule has 4 heteroatoms. The fourth-order valence-electron chi connectivity index (χ4n) is 0.865. The number of benzene rings is 1. The van der Waals surface area contributed by atoms with Gasteiger partial charge in [-0.15, -0.1) is 0 Å². The number of halogens is 2. The molecule has 0 aromatic heterocycles. The molecule has 0 fully saturated rings. The van der Waals surface area contributed by atoms with Crippen molar-refractivity contribution in [2.45, 2.75) is 0 Å². The van der Waals surface area contributed by atoms with Crippen LogP contribution in [0.2, 0.25) is 0 Å². The molecule has 13 heavy (non-hydrogen) atoms. The smallest absolute Gasteiger partial charge is 0.160 e. The summed E-state index contributed by atoms with van der Waals surface area (Å²) in [6.07, 6.45) is 2.99. The van der Waals surface area contributed by atoms with Gasteiger partial charge >= 0.3 is 0 Å². The molecule has 1 aromatic rings. The fraction of sp³-hybridized carbons (Fsp3) is 0. The van der Waals surface area contributed by atoms with Crippen molar-refractivity contribution in [1.82, 2.24) is 0 Å². The first-order valence-corrected chi connectivity index (χ1v) is 3.51. The van der Waals surface area contributed by atoms with Crippen molar-refractivity contribution in [2.24, 2.45) is 0 Å². The highest BCUT2D eigenvalue weighted by Gasteiger charge is 2.04. The van der Waals surface area contributed by atoms with Crippen molar-refractivity contribution in [1.29, 1.82) is 0 Å². The highest BCUT2D eigenvalue weighted by atomic mass is 19.2. The third-order valence-corrected chi connectivity index (χ3v) is 1.48. The van der Waals surface area contributed by atoms with E-state index in [9.17, 15) is 13.6 Å². The zero-order chi connectivity index (χ0) is 9.84. The van der Waals surface area contributed by atoms with Gasteiger partial charge in [-0.25, -0.2) is 8.78 Å². The number of carbonyl (C=O) groups excluding carboxylic acids is 1. The Bertz CT molecular complexity index is 361. The number of anilines is 1. The van der Waals surface area contributed by atoms with Crippen LogP contribution in [0, 0.1) is 11.6 Å². The molecule has 2 nitrogen and oxygen atoms in total. The molecule has 68 valence electrons. The molecule has 0 radical (unpaired) electrons. The van der Waals surface area contributed by atoms with Crippen molar-refractivity contribution in [3.05, 3.63) is 35.4 Å². The Balaban J connectivity index is 3.15. The van der Waals surface area contributed by atoms with Crippen molar-refractivity contribution < 1.29 is 13.6 Å². The van der Waals surface area contributed by atoms with E-state index in [0.29, 0.717) is 6.29 Å². The summed E-state index contributed by atoms with van der Waals surface area (Å²) in [6.45, 7) is 0. The lowest BCUT2D eigenvalue weighted by atomic mass is 10.1. The minimum Gasteiger partial charge on any atom is -0.398 e. The van der Waals surface area contributed by atoms with E-state index in [4.69, 9.17) is 5.73 Å². The van der Waals surface area contributed by atoms with Crippen LogP contribution in [0.5, 0.6) is 0 Å². The van der Waals surface area contributed by atoms with E-state index in [1.165, 1.54) is 6.08 Å². The lowest BCUT2D eigenvalue weighted by Crippen LogP contribution is -1.93. The quantitative estimate of drug-likeness (QED) is 0.431. The zero-order valence-electron chi connectivity index (χ0n) is 6.63. The Hall–Kier alpha value is -1.71. The first-order chi connectivity index (χ1) is 6.15. The number of nitrogen functional groups attached to an aromatic ring is 1. The van der Waals surface area contributed by atoms with Gasteiger partial charge in [0.25, 0.3) is 0 Å². The molecule has 0 aliphatic rings. The topological polar surface area (TPSA) is 43.1 Å². The summed E-state index contributed by atoms with van der Waals surface area (Å²) in [6, 6.07) is 1.81. The number of hydrogen-bond acceptors (Lipinski definition) is 2. The van der Waals surface area contributed by atoms with Crippen LogP contribution in [-0.2, 0) is 4.79 Å². The van der Waals surface area contributed by atoms with E-state index in [1.54, 1.807) is 0 Å². The van der Waals surface area contributed by atoms with Gasteiger partial charge in [0.05, 0.1) is 0 Å². The van der Waals surface area contributed by atoms with E-state index >= 15 is 0 Å². The molecular weight excluding hydrogens is 176 g/mol. The van der Waals surface area contributed by atoms with Gasteiger partial charge < -0.3 is 5.73 Å². The van der Waals surface area contributed by atoms with E-state index < -0.39 is 11.6 Å². The van der Waals surface area contributed by atoms with Gasteiger partial charge in [0.15, 0.2) is 11.6 Å². The molecule has 0 heterocycles. The van der Waals surface area contributed by atoms with Crippen molar-refractivity contribution in [2.75, 3.05) is 5.73 Å². The normalized spacial score (nSPS) is 10.6. The van der Waals surface area contributed by atoms with Crippen molar-refractivity contribution in [3.8, 4) is 0 Å². The molecule has 0 saturated heterocycles. The summed E-state index contributed by atoms with van der Waals surface area (Å²) in [7, 11) is 0. The summed E-state index contributed by atoms with van der Waals surface area (Å²) in [5.41, 5.74) is 5.73. The van der Waals surface area contributed by atoms with Gasteiger partial charge in [0, 0.05) is 17.3 Å². The number of allylic oxidation sites excluding steroid dienone is 1. The van der Waals surface area contributed by atoms with Crippen LogP contribution in [0.25, 0.3) is 6.08 Å². The maximum atomic E-state index is 12.6. The fourth-order valence-corrected chi connectivity index (χ4v) is 0.865. The van der Waals surface area contributed by atoms with E-state index in [0.717, 1.165) is 18.2 Å². The molecule has 0 bridgehead atoms. The standard InChI is InChI=1S/C9H7F2NO/c10-7-4-6(2-1-3-13)9(12)5-8(7)11/h1-5H,12H2. The van der Waals surface area contributed by atoms with Gasteiger partial charge in [-0.3, -0.25) is 4.79 Å². The molecule has 0 atom stereocenters. The third-order valence-electron chi connectivity index (χ3n) is 1.48. The van der Waals surface area contributed by atoms with E-state index in [-0.39, 0.29) is 11.3 Å². The van der Waals surface area contributed by atoms with Gasteiger partial charge in [-0.2, -0.15) is 0 Å². The molecule has 0 aliphatic heterocycles. The van der Waals surface area contributed by atoms with Crippen LogP contribution in [0.3, 0.4) is 0 Å². The Labute approximate surface area is 73.7 Å². The largest absolute Gasteiger partial charge is 0.398 e. The van der Waals surface area contributed by atoms with Gasteiger partial charge in [-0.1, -0.05) is 0 Å². The Morgan fingerprint density at radius 3 is 2.46 bits per heavy atom. The number of aldehydes is 1. The number of rotatable bonds is 2. The number of nitrogens with two attached hydrogens (primary N) is 1. The molecule has 1 aromatic carbocycles. The van der Waals surface area contributed by atoms with Crippen LogP contribution < -0.4 is 5.73 Å². The molecule has 0 aliphatic carbocycles. The maximum absolute atomic E-state index is 12.6. The predicted molar refractivity (Wildman–Crippen MR) is 45.9 cm³/mol. The van der Waals surface area contributed by atoms with E-state index in [2.05, 4.69) is 0 Å². The zero-order valence-corrected chi connectivity index (χ0v) is 6.63. The number of carbonyl (C=O) groups is 1. The second-order valence-corrected chi connectivity index (χ2v) is 2.39.